The van der Waals surface area contributed by atoms with Crippen molar-refractivity contribution in [2.75, 3.05) is 0 Å². The third-order valence-corrected chi connectivity index (χ3v) is 9.42. The van der Waals surface area contributed by atoms with Crippen molar-refractivity contribution >= 4 is 0 Å². The van der Waals surface area contributed by atoms with Crippen molar-refractivity contribution < 1.29 is 0 Å². The molecule has 4 atom stereocenters. The Labute approximate surface area is 250 Å². The minimum Gasteiger partial charge on any atom is -0.0879 e. The van der Waals surface area contributed by atoms with Crippen LogP contribution in [-0.2, 0) is 0 Å². The number of rotatable bonds is 14. The SMILES string of the molecule is CC1=C(/C=C/C(C)C/C=C/C(C)/C=C/CCC(C)/C=C/CC(C)/C=C/C2=C(C)CCCC2(C)C)C(C)(C)CCC1. The van der Waals surface area contributed by atoms with Crippen molar-refractivity contribution in [3.05, 3.63) is 83.1 Å². The molecule has 0 heteroatoms. The molecule has 0 aromatic rings. The van der Waals surface area contributed by atoms with E-state index in [2.05, 4.69) is 130 Å². The molecule has 0 aliphatic heterocycles. The lowest BCUT2D eigenvalue weighted by atomic mass is 9.72. The van der Waals surface area contributed by atoms with Crippen LogP contribution in [0.15, 0.2) is 83.1 Å². The molecule has 0 N–H and O–H groups in total. The Hall–Kier alpha value is -1.82. The van der Waals surface area contributed by atoms with E-state index in [-0.39, 0.29) is 0 Å². The van der Waals surface area contributed by atoms with Crippen LogP contribution in [0.4, 0.5) is 0 Å². The van der Waals surface area contributed by atoms with Gasteiger partial charge in [-0.1, -0.05) is 127 Å². The van der Waals surface area contributed by atoms with Gasteiger partial charge < -0.3 is 0 Å². The van der Waals surface area contributed by atoms with E-state index in [1.54, 1.807) is 22.3 Å². The van der Waals surface area contributed by atoms with Crippen molar-refractivity contribution in [2.24, 2.45) is 34.5 Å². The molecule has 2 aliphatic rings. The minimum absolute atomic E-state index is 0.333. The fourth-order valence-electron chi connectivity index (χ4n) is 6.56. The highest BCUT2D eigenvalue weighted by atomic mass is 14.3. The minimum atomic E-state index is 0.333. The molecule has 4 unspecified atom stereocenters. The molecule has 0 radical (unpaired) electrons. The van der Waals surface area contributed by atoms with Crippen molar-refractivity contribution in [1.82, 2.24) is 0 Å². The normalized spacial score (nSPS) is 23.4. The summed E-state index contributed by atoms with van der Waals surface area (Å²) in [5.41, 5.74) is 7.01. The Morgan fingerprint density at radius 3 is 1.52 bits per heavy atom. The molecule has 0 aromatic heterocycles. The zero-order valence-corrected chi connectivity index (χ0v) is 28.2. The van der Waals surface area contributed by atoms with Gasteiger partial charge >= 0.3 is 0 Å². The molecule has 0 heterocycles. The molecular weight excluding hydrogens is 480 g/mol. The maximum Gasteiger partial charge on any atom is -0.00819 e. The lowest BCUT2D eigenvalue weighted by Crippen LogP contribution is -2.19. The van der Waals surface area contributed by atoms with Gasteiger partial charge in [-0.15, -0.1) is 0 Å². The first kappa shape index (κ1) is 34.4. The van der Waals surface area contributed by atoms with Gasteiger partial charge in [-0.2, -0.15) is 0 Å². The fourth-order valence-corrected chi connectivity index (χ4v) is 6.56. The average molecular weight is 545 g/mol. The highest BCUT2D eigenvalue weighted by molar-refractivity contribution is 5.33. The van der Waals surface area contributed by atoms with Gasteiger partial charge in [0, 0.05) is 0 Å². The van der Waals surface area contributed by atoms with Crippen LogP contribution in [0, 0.1) is 34.5 Å². The molecule has 0 saturated heterocycles. The molecule has 40 heavy (non-hydrogen) atoms. The predicted octanol–water partition coefficient (Wildman–Crippen LogP) is 12.9. The highest BCUT2D eigenvalue weighted by Crippen LogP contribution is 2.42. The van der Waals surface area contributed by atoms with Crippen molar-refractivity contribution in [3.63, 3.8) is 0 Å². The molecule has 0 bridgehead atoms. The van der Waals surface area contributed by atoms with Crippen LogP contribution in [0.1, 0.15) is 133 Å². The zero-order valence-electron chi connectivity index (χ0n) is 28.2. The quantitative estimate of drug-likeness (QED) is 0.191. The molecule has 0 fully saturated rings. The summed E-state index contributed by atoms with van der Waals surface area (Å²) in [6.07, 6.45) is 36.6. The second kappa shape index (κ2) is 16.6. The van der Waals surface area contributed by atoms with E-state index in [4.69, 9.17) is 0 Å². The maximum atomic E-state index is 2.44. The van der Waals surface area contributed by atoms with Crippen LogP contribution in [0.25, 0.3) is 0 Å². The molecule has 0 amide bonds. The van der Waals surface area contributed by atoms with Crippen LogP contribution in [0.5, 0.6) is 0 Å². The lowest BCUT2D eigenvalue weighted by Gasteiger charge is -2.33. The first-order valence-electron chi connectivity index (χ1n) is 16.6. The van der Waals surface area contributed by atoms with E-state index in [0.717, 1.165) is 19.3 Å². The fraction of sp³-hybridized carbons (Fsp3) is 0.650. The Bertz CT molecular complexity index is 983. The van der Waals surface area contributed by atoms with Gasteiger partial charge in [0.2, 0.25) is 0 Å². The molecule has 0 nitrogen and oxygen atoms in total. The summed E-state index contributed by atoms with van der Waals surface area (Å²) < 4.78 is 0. The Balaban J connectivity index is 1.67. The van der Waals surface area contributed by atoms with E-state index in [1.165, 1.54) is 44.9 Å². The summed E-state index contributed by atoms with van der Waals surface area (Å²) in [7, 11) is 0. The second-order valence-electron chi connectivity index (χ2n) is 14.7. The molecular formula is C40H64. The van der Waals surface area contributed by atoms with Gasteiger partial charge in [-0.3, -0.25) is 0 Å². The van der Waals surface area contributed by atoms with Crippen molar-refractivity contribution in [1.29, 1.82) is 0 Å². The van der Waals surface area contributed by atoms with Gasteiger partial charge in [0.25, 0.3) is 0 Å². The third-order valence-electron chi connectivity index (χ3n) is 9.42. The Kier molecular flexibility index (Phi) is 14.3. The van der Waals surface area contributed by atoms with E-state index < -0.39 is 0 Å². The molecule has 0 saturated carbocycles. The summed E-state index contributed by atoms with van der Waals surface area (Å²) in [5, 5.41) is 0. The molecule has 224 valence electrons. The Morgan fingerprint density at radius 1 is 0.600 bits per heavy atom. The van der Waals surface area contributed by atoms with Crippen LogP contribution in [0.2, 0.25) is 0 Å². The third kappa shape index (κ3) is 12.0. The number of allylic oxidation sites excluding steroid dienone is 14. The van der Waals surface area contributed by atoms with Crippen molar-refractivity contribution in [2.45, 2.75) is 133 Å². The molecule has 2 aliphatic carbocycles. The van der Waals surface area contributed by atoms with Gasteiger partial charge in [0.15, 0.2) is 0 Å². The molecule has 0 aromatic carbocycles. The summed E-state index contributed by atoms with van der Waals surface area (Å²) in [6.45, 7) is 23.6. The van der Waals surface area contributed by atoms with Gasteiger partial charge in [-0.25, -0.2) is 0 Å². The second-order valence-corrected chi connectivity index (χ2v) is 14.7. The van der Waals surface area contributed by atoms with Crippen LogP contribution >= 0.6 is 0 Å². The van der Waals surface area contributed by atoms with E-state index in [0.29, 0.717) is 34.5 Å². The maximum absolute atomic E-state index is 2.44. The monoisotopic (exact) mass is 545 g/mol. The van der Waals surface area contributed by atoms with Crippen LogP contribution in [-0.4, -0.2) is 0 Å². The van der Waals surface area contributed by atoms with Gasteiger partial charge in [-0.05, 0) is 124 Å². The van der Waals surface area contributed by atoms with Crippen LogP contribution < -0.4 is 0 Å². The lowest BCUT2D eigenvalue weighted by molar-refractivity contribution is 0.376. The predicted molar refractivity (Wildman–Crippen MR) is 181 cm³/mol. The molecule has 2 rings (SSSR count). The zero-order chi connectivity index (χ0) is 29.8. The number of hydrogen-bond acceptors (Lipinski definition) is 0. The summed E-state index contributed by atoms with van der Waals surface area (Å²) in [5.74, 6) is 2.31. The Morgan fingerprint density at radius 2 is 1.05 bits per heavy atom. The highest BCUT2D eigenvalue weighted by Gasteiger charge is 2.27. The van der Waals surface area contributed by atoms with Gasteiger partial charge in [0.1, 0.15) is 0 Å². The first-order valence-corrected chi connectivity index (χ1v) is 16.6. The summed E-state index contributed by atoms with van der Waals surface area (Å²) in [4.78, 5) is 0. The summed E-state index contributed by atoms with van der Waals surface area (Å²) >= 11 is 0. The first-order chi connectivity index (χ1) is 18.8. The van der Waals surface area contributed by atoms with Crippen LogP contribution in [0.3, 0.4) is 0 Å². The average Bonchev–Trinajstić information content (AvgIpc) is 2.85. The summed E-state index contributed by atoms with van der Waals surface area (Å²) in [6, 6.07) is 0. The van der Waals surface area contributed by atoms with E-state index in [1.807, 2.05) is 0 Å². The van der Waals surface area contributed by atoms with E-state index >= 15 is 0 Å². The van der Waals surface area contributed by atoms with E-state index in [9.17, 15) is 0 Å². The standard InChI is InChI=1S/C40H64/c1-31(19-13-21-33(3)25-27-37-35(5)23-15-29-39(37,7)8)17-11-12-18-32(2)20-14-22-34(4)26-28-38-36(6)24-16-30-40(38,9)10/h11,13-14,17,19-20,25-28,31-34H,12,15-16,18,21-24,29-30H2,1-10H3/b17-11+,19-13+,20-14+,27-25+,28-26+. The largest absolute Gasteiger partial charge is 0.0879 e. The van der Waals surface area contributed by atoms with Crippen molar-refractivity contribution in [3.8, 4) is 0 Å². The topological polar surface area (TPSA) is 0 Å². The molecule has 0 spiro atoms. The van der Waals surface area contributed by atoms with Gasteiger partial charge in [0.05, 0.1) is 0 Å². The number of hydrogen-bond donors (Lipinski definition) is 0. The smallest absolute Gasteiger partial charge is 0.00819 e.